The Labute approximate surface area is 242 Å². The van der Waals surface area contributed by atoms with Crippen LogP contribution in [0.5, 0.6) is 0 Å². The topological polar surface area (TPSA) is 67.2 Å². The van der Waals surface area contributed by atoms with E-state index in [4.69, 9.17) is 5.10 Å². The van der Waals surface area contributed by atoms with E-state index in [1.807, 2.05) is 76.2 Å². The summed E-state index contributed by atoms with van der Waals surface area (Å²) in [6, 6.07) is 18.7. The second-order valence-corrected chi connectivity index (χ2v) is 11.4. The zero-order valence-corrected chi connectivity index (χ0v) is 24.3. The number of anilines is 1. The molecule has 41 heavy (non-hydrogen) atoms. The van der Waals surface area contributed by atoms with Gasteiger partial charge in [-0.3, -0.25) is 14.5 Å². The predicted molar refractivity (Wildman–Crippen MR) is 159 cm³/mol. The van der Waals surface area contributed by atoms with Gasteiger partial charge in [0, 0.05) is 28.8 Å². The van der Waals surface area contributed by atoms with Gasteiger partial charge < -0.3 is 5.32 Å². The maximum atomic E-state index is 15.4. The van der Waals surface area contributed by atoms with Crippen LogP contribution in [-0.4, -0.2) is 39.9 Å². The highest BCUT2D eigenvalue weighted by atomic mass is 32.2. The molecule has 1 aliphatic heterocycles. The molecule has 2 heterocycles. The maximum Gasteiger partial charge on any atom is 0.240 e. The summed E-state index contributed by atoms with van der Waals surface area (Å²) in [5.41, 5.74) is 4.90. The number of nitrogens with zero attached hydrogens (tertiary/aromatic N) is 3. The Hall–Kier alpha value is -3.98. The molecule has 212 valence electrons. The molecular weight excluding hydrogens is 542 g/mol. The number of carbonyl (C=O) groups is 2. The summed E-state index contributed by atoms with van der Waals surface area (Å²) in [6.07, 6.45) is 0.741. The average Bonchev–Trinajstić information content (AvgIpc) is 3.28. The molecule has 2 atom stereocenters. The van der Waals surface area contributed by atoms with Crippen LogP contribution < -0.4 is 10.2 Å². The van der Waals surface area contributed by atoms with Crippen LogP contribution in [0.25, 0.3) is 16.9 Å². The smallest absolute Gasteiger partial charge is 0.240 e. The molecule has 1 aliphatic rings. The van der Waals surface area contributed by atoms with Crippen molar-refractivity contribution in [2.75, 3.05) is 17.2 Å². The summed E-state index contributed by atoms with van der Waals surface area (Å²) < 4.78 is 31.1. The van der Waals surface area contributed by atoms with Gasteiger partial charge in [0.15, 0.2) is 0 Å². The van der Waals surface area contributed by atoms with Gasteiger partial charge in [0.2, 0.25) is 11.8 Å². The summed E-state index contributed by atoms with van der Waals surface area (Å²) in [5.74, 6) is -1.59. The Kier molecular flexibility index (Phi) is 8.26. The Bertz CT molecular complexity index is 1600. The van der Waals surface area contributed by atoms with Gasteiger partial charge in [-0.15, -0.1) is 11.8 Å². The number of thioether (sulfide) groups is 1. The number of hydrogen-bond donors (Lipinski definition) is 1. The number of halogens is 2. The molecule has 2 amide bonds. The predicted octanol–water partition coefficient (Wildman–Crippen LogP) is 6.52. The standard InChI is InChI=1S/C32H32F2N4O2S/c1-5-20(3)35-27(39)17-37-28(40)18-41-31(24-15-14-23(33)16-25(24)34)29-30(22-11-7-6-8-12-22)36-38(32(29)37)26-13-9-10-19(2)21(26)4/h6-16,20,31H,5,17-18H2,1-4H3,(H,35,39)/t20-,31-/m1/s1. The van der Waals surface area contributed by atoms with Crippen molar-refractivity contribution in [2.24, 2.45) is 0 Å². The molecule has 1 N–H and O–H groups in total. The van der Waals surface area contributed by atoms with Crippen molar-refractivity contribution < 1.29 is 18.4 Å². The van der Waals surface area contributed by atoms with Crippen molar-refractivity contribution in [1.29, 1.82) is 0 Å². The maximum absolute atomic E-state index is 15.4. The van der Waals surface area contributed by atoms with Crippen molar-refractivity contribution in [3.8, 4) is 16.9 Å². The molecule has 0 radical (unpaired) electrons. The third-order valence-corrected chi connectivity index (χ3v) is 8.74. The summed E-state index contributed by atoms with van der Waals surface area (Å²) in [6.45, 7) is 7.63. The van der Waals surface area contributed by atoms with Gasteiger partial charge in [-0.05, 0) is 50.5 Å². The Morgan fingerprint density at radius 3 is 2.56 bits per heavy atom. The van der Waals surface area contributed by atoms with E-state index in [0.29, 0.717) is 17.1 Å². The Balaban J connectivity index is 1.82. The monoisotopic (exact) mass is 574 g/mol. The molecule has 0 saturated carbocycles. The van der Waals surface area contributed by atoms with E-state index in [0.717, 1.165) is 34.9 Å². The Morgan fingerprint density at radius 2 is 1.85 bits per heavy atom. The number of nitrogens with one attached hydrogen (secondary N) is 1. The molecule has 0 bridgehead atoms. The number of hydrogen-bond acceptors (Lipinski definition) is 4. The van der Waals surface area contributed by atoms with E-state index >= 15 is 4.39 Å². The minimum absolute atomic E-state index is 0.00615. The summed E-state index contributed by atoms with van der Waals surface area (Å²) in [5, 5.41) is 7.31. The largest absolute Gasteiger partial charge is 0.352 e. The van der Waals surface area contributed by atoms with Gasteiger partial charge in [0.25, 0.3) is 0 Å². The van der Waals surface area contributed by atoms with Gasteiger partial charge in [-0.2, -0.15) is 5.10 Å². The average molecular weight is 575 g/mol. The number of amides is 2. The van der Waals surface area contributed by atoms with Crippen LogP contribution in [0.15, 0.2) is 66.7 Å². The highest BCUT2D eigenvalue weighted by molar-refractivity contribution is 8.00. The lowest BCUT2D eigenvalue weighted by Crippen LogP contribution is -2.44. The van der Waals surface area contributed by atoms with Crippen LogP contribution in [0, 0.1) is 25.5 Å². The first-order chi connectivity index (χ1) is 19.7. The summed E-state index contributed by atoms with van der Waals surface area (Å²) >= 11 is 1.24. The van der Waals surface area contributed by atoms with E-state index in [-0.39, 0.29) is 35.7 Å². The quantitative estimate of drug-likeness (QED) is 0.273. The zero-order valence-electron chi connectivity index (χ0n) is 23.4. The molecule has 0 spiro atoms. The fraction of sp³-hybridized carbons (Fsp3) is 0.281. The third-order valence-electron chi connectivity index (χ3n) is 7.51. The molecule has 6 nitrogen and oxygen atoms in total. The Morgan fingerprint density at radius 1 is 1.10 bits per heavy atom. The minimum atomic E-state index is -0.706. The van der Waals surface area contributed by atoms with E-state index in [9.17, 15) is 14.0 Å². The van der Waals surface area contributed by atoms with E-state index in [1.54, 1.807) is 4.68 Å². The number of fused-ring (bicyclic) bond motifs is 1. The van der Waals surface area contributed by atoms with Crippen LogP contribution in [0.4, 0.5) is 14.6 Å². The molecule has 0 saturated heterocycles. The van der Waals surface area contributed by atoms with Crippen LogP contribution in [0.2, 0.25) is 0 Å². The summed E-state index contributed by atoms with van der Waals surface area (Å²) in [4.78, 5) is 28.4. The lowest BCUT2D eigenvalue weighted by Gasteiger charge is -2.24. The van der Waals surface area contributed by atoms with Crippen molar-refractivity contribution in [2.45, 2.75) is 45.4 Å². The number of aromatic nitrogens is 2. The molecule has 0 aliphatic carbocycles. The van der Waals surface area contributed by atoms with Crippen LogP contribution in [0.1, 0.15) is 47.8 Å². The highest BCUT2D eigenvalue weighted by Crippen LogP contribution is 2.49. The van der Waals surface area contributed by atoms with Crippen LogP contribution in [-0.2, 0) is 9.59 Å². The minimum Gasteiger partial charge on any atom is -0.352 e. The van der Waals surface area contributed by atoms with Crippen LogP contribution >= 0.6 is 11.8 Å². The molecule has 5 rings (SSSR count). The highest BCUT2D eigenvalue weighted by Gasteiger charge is 2.39. The fourth-order valence-electron chi connectivity index (χ4n) is 4.99. The lowest BCUT2D eigenvalue weighted by atomic mass is 9.99. The molecule has 0 unspecified atom stereocenters. The normalized spacial score (nSPS) is 15.8. The van der Waals surface area contributed by atoms with Crippen LogP contribution in [0.3, 0.4) is 0 Å². The third kappa shape index (κ3) is 5.63. The second kappa shape index (κ2) is 11.9. The number of rotatable bonds is 7. The molecule has 9 heteroatoms. The number of benzene rings is 3. The first-order valence-electron chi connectivity index (χ1n) is 13.6. The number of carbonyl (C=O) groups excluding carboxylic acids is 2. The summed E-state index contributed by atoms with van der Waals surface area (Å²) in [7, 11) is 0. The molecule has 1 aromatic heterocycles. The van der Waals surface area contributed by atoms with Gasteiger partial charge in [-0.1, -0.05) is 55.5 Å². The molecule has 0 fully saturated rings. The molecular formula is C32H32F2N4O2S. The van der Waals surface area contributed by atoms with E-state index in [2.05, 4.69) is 5.32 Å². The van der Waals surface area contributed by atoms with Crippen molar-refractivity contribution >= 4 is 29.4 Å². The lowest BCUT2D eigenvalue weighted by molar-refractivity contribution is -0.123. The van der Waals surface area contributed by atoms with Gasteiger partial charge in [-0.25, -0.2) is 13.5 Å². The van der Waals surface area contributed by atoms with Gasteiger partial charge in [0.05, 0.1) is 22.4 Å². The zero-order chi connectivity index (χ0) is 29.3. The van der Waals surface area contributed by atoms with Gasteiger partial charge in [0.1, 0.15) is 24.0 Å². The first-order valence-corrected chi connectivity index (χ1v) is 14.7. The van der Waals surface area contributed by atoms with E-state index in [1.165, 1.54) is 28.8 Å². The fourth-order valence-corrected chi connectivity index (χ4v) is 6.21. The van der Waals surface area contributed by atoms with Crippen molar-refractivity contribution in [3.05, 3.63) is 101 Å². The van der Waals surface area contributed by atoms with E-state index < -0.39 is 16.9 Å². The van der Waals surface area contributed by atoms with Gasteiger partial charge >= 0.3 is 0 Å². The second-order valence-electron chi connectivity index (χ2n) is 10.3. The first kappa shape index (κ1) is 28.5. The van der Waals surface area contributed by atoms with Crippen molar-refractivity contribution in [1.82, 2.24) is 15.1 Å². The van der Waals surface area contributed by atoms with Crippen molar-refractivity contribution in [3.63, 3.8) is 0 Å². The molecule has 4 aromatic rings. The molecule has 3 aromatic carbocycles. The SMILES string of the molecule is CC[C@@H](C)NC(=O)CN1C(=O)CS[C@H](c2ccc(F)cc2F)c2c(-c3ccccc3)nn(-c3cccc(C)c3C)c21. The number of aryl methyl sites for hydroxylation is 1.